The average molecular weight is 356 g/mol. The molecule has 2 aromatic rings. The highest BCUT2D eigenvalue weighted by molar-refractivity contribution is 5.94. The third-order valence-corrected chi connectivity index (χ3v) is 5.44. The monoisotopic (exact) mass is 356 g/mol. The molecule has 138 valence electrons. The number of piperidine rings is 1. The zero-order chi connectivity index (χ0) is 18.1. The maximum atomic E-state index is 13.0. The first-order valence-electron chi connectivity index (χ1n) is 9.15. The molecule has 2 amide bonds. The van der Waals surface area contributed by atoms with Crippen molar-refractivity contribution in [2.24, 2.45) is 13.0 Å². The summed E-state index contributed by atoms with van der Waals surface area (Å²) in [5.74, 6) is 0.605. The van der Waals surface area contributed by atoms with Crippen LogP contribution in [-0.4, -0.2) is 55.9 Å². The summed E-state index contributed by atoms with van der Waals surface area (Å²) in [6.07, 6.45) is 10.3. The molecule has 0 aromatic carbocycles. The number of carbonyl (C=O) groups excluding carboxylic acids is 2. The molecule has 1 N–H and O–H groups in total. The molecule has 0 atom stereocenters. The molecule has 4 rings (SSSR count). The highest BCUT2D eigenvalue weighted by atomic mass is 16.2. The van der Waals surface area contributed by atoms with Crippen LogP contribution in [0, 0.1) is 5.92 Å². The number of aryl methyl sites for hydroxylation is 1. The van der Waals surface area contributed by atoms with Crippen LogP contribution in [0.1, 0.15) is 36.0 Å². The lowest BCUT2D eigenvalue weighted by atomic mass is 9.86. The molecule has 2 aliphatic rings. The van der Waals surface area contributed by atoms with Crippen LogP contribution < -0.4 is 5.32 Å². The summed E-state index contributed by atoms with van der Waals surface area (Å²) < 4.78 is 3.39. The molecule has 0 radical (unpaired) electrons. The second kappa shape index (κ2) is 6.59. The first-order chi connectivity index (χ1) is 12.6. The topological polar surface area (TPSA) is 85.0 Å². The fourth-order valence-corrected chi connectivity index (χ4v) is 3.60. The number of carbonyl (C=O) groups is 2. The maximum absolute atomic E-state index is 13.0. The Morgan fingerprint density at radius 2 is 2.04 bits per heavy atom. The lowest BCUT2D eigenvalue weighted by molar-refractivity contribution is -0.133. The van der Waals surface area contributed by atoms with E-state index in [1.54, 1.807) is 39.9 Å². The van der Waals surface area contributed by atoms with Gasteiger partial charge in [0.2, 0.25) is 5.91 Å². The van der Waals surface area contributed by atoms with Gasteiger partial charge in [0.1, 0.15) is 5.54 Å². The van der Waals surface area contributed by atoms with E-state index < -0.39 is 5.54 Å². The summed E-state index contributed by atoms with van der Waals surface area (Å²) in [4.78, 5) is 27.5. The van der Waals surface area contributed by atoms with Crippen molar-refractivity contribution in [2.45, 2.75) is 31.2 Å². The van der Waals surface area contributed by atoms with Crippen molar-refractivity contribution in [2.75, 3.05) is 19.6 Å². The molecule has 2 aromatic heterocycles. The van der Waals surface area contributed by atoms with Crippen LogP contribution in [0.25, 0.3) is 0 Å². The van der Waals surface area contributed by atoms with E-state index in [1.807, 2.05) is 12.3 Å². The van der Waals surface area contributed by atoms with Gasteiger partial charge in [0.25, 0.3) is 5.91 Å². The largest absolute Gasteiger partial charge is 0.354 e. The van der Waals surface area contributed by atoms with Gasteiger partial charge in [-0.1, -0.05) is 0 Å². The normalized spacial score (nSPS) is 19.3. The summed E-state index contributed by atoms with van der Waals surface area (Å²) in [5, 5.41) is 11.5. The average Bonchev–Trinajstić information content (AvgIpc) is 3.12. The minimum Gasteiger partial charge on any atom is -0.354 e. The van der Waals surface area contributed by atoms with Crippen LogP contribution in [0.15, 0.2) is 30.9 Å². The molecule has 8 nitrogen and oxygen atoms in total. The fourth-order valence-electron chi connectivity index (χ4n) is 3.60. The number of amides is 2. The Morgan fingerprint density at radius 1 is 1.27 bits per heavy atom. The summed E-state index contributed by atoms with van der Waals surface area (Å²) in [5.41, 5.74) is -0.137. The number of nitrogens with one attached hydrogen (secondary N) is 1. The summed E-state index contributed by atoms with van der Waals surface area (Å²) in [6.45, 7) is 1.77. The molecule has 1 aliphatic heterocycles. The number of hydrogen-bond acceptors (Lipinski definition) is 4. The Bertz CT molecular complexity index is 784. The minimum atomic E-state index is -0.718. The Labute approximate surface area is 152 Å². The number of nitrogens with zero attached hydrogens (tertiary/aromatic N) is 5. The molecule has 2 fully saturated rings. The van der Waals surface area contributed by atoms with Crippen LogP contribution in [0.3, 0.4) is 0 Å². The van der Waals surface area contributed by atoms with E-state index in [-0.39, 0.29) is 11.8 Å². The lowest BCUT2D eigenvalue weighted by Crippen LogP contribution is -2.56. The maximum Gasteiger partial charge on any atom is 0.257 e. The third-order valence-electron chi connectivity index (χ3n) is 5.44. The van der Waals surface area contributed by atoms with Crippen LogP contribution >= 0.6 is 0 Å². The van der Waals surface area contributed by atoms with Crippen LogP contribution in [0.4, 0.5) is 0 Å². The van der Waals surface area contributed by atoms with Gasteiger partial charge in [0.05, 0.1) is 11.8 Å². The molecule has 0 unspecified atom stereocenters. The Balaban J connectivity index is 1.48. The summed E-state index contributed by atoms with van der Waals surface area (Å²) >= 11 is 0. The van der Waals surface area contributed by atoms with Crippen molar-refractivity contribution in [3.63, 3.8) is 0 Å². The van der Waals surface area contributed by atoms with Crippen molar-refractivity contribution >= 4 is 11.8 Å². The molecular formula is C18H24N6O2. The Hall–Kier alpha value is -2.64. The molecule has 0 spiro atoms. The number of rotatable bonds is 5. The van der Waals surface area contributed by atoms with Crippen molar-refractivity contribution in [1.82, 2.24) is 29.8 Å². The Morgan fingerprint density at radius 3 is 2.62 bits per heavy atom. The van der Waals surface area contributed by atoms with Crippen LogP contribution in [0.2, 0.25) is 0 Å². The van der Waals surface area contributed by atoms with E-state index >= 15 is 0 Å². The molecule has 3 heterocycles. The SMILES string of the molecule is Cn1cc(C(=O)N2CCC(C(=O)NCC3CC3)(n3cccn3)CC2)cn1. The highest BCUT2D eigenvalue weighted by Crippen LogP contribution is 2.32. The quantitative estimate of drug-likeness (QED) is 0.858. The minimum absolute atomic E-state index is 0.0153. The van der Waals surface area contributed by atoms with Gasteiger partial charge in [-0.3, -0.25) is 19.0 Å². The van der Waals surface area contributed by atoms with Gasteiger partial charge in [0, 0.05) is 45.3 Å². The van der Waals surface area contributed by atoms with Crippen molar-refractivity contribution in [3.05, 3.63) is 36.4 Å². The predicted molar refractivity (Wildman–Crippen MR) is 94.3 cm³/mol. The zero-order valence-electron chi connectivity index (χ0n) is 15.0. The second-order valence-corrected chi connectivity index (χ2v) is 7.33. The number of aromatic nitrogens is 4. The molecule has 1 saturated carbocycles. The van der Waals surface area contributed by atoms with E-state index in [9.17, 15) is 9.59 Å². The van der Waals surface area contributed by atoms with E-state index in [0.717, 1.165) is 6.54 Å². The standard InChI is InChI=1S/C18H24N6O2/c1-22-13-15(12-21-22)16(25)23-9-5-18(6-10-23,24-8-2-7-20-24)17(26)19-11-14-3-4-14/h2,7-8,12-14H,3-6,9-11H2,1H3,(H,19,26). The van der Waals surface area contributed by atoms with Gasteiger partial charge in [-0.05, 0) is 37.7 Å². The number of likely N-dealkylation sites (tertiary alicyclic amines) is 1. The van der Waals surface area contributed by atoms with E-state index in [2.05, 4.69) is 15.5 Å². The van der Waals surface area contributed by atoms with Gasteiger partial charge in [-0.25, -0.2) is 0 Å². The van der Waals surface area contributed by atoms with Gasteiger partial charge < -0.3 is 10.2 Å². The first kappa shape index (κ1) is 16.8. The molecule has 1 saturated heterocycles. The smallest absolute Gasteiger partial charge is 0.257 e. The molecular weight excluding hydrogens is 332 g/mol. The van der Waals surface area contributed by atoms with E-state index in [4.69, 9.17) is 0 Å². The lowest BCUT2D eigenvalue weighted by Gasteiger charge is -2.40. The zero-order valence-corrected chi connectivity index (χ0v) is 15.0. The highest BCUT2D eigenvalue weighted by Gasteiger charge is 2.45. The predicted octanol–water partition coefficient (Wildman–Crippen LogP) is 0.774. The van der Waals surface area contributed by atoms with Crippen molar-refractivity contribution in [3.8, 4) is 0 Å². The van der Waals surface area contributed by atoms with Crippen LogP contribution in [-0.2, 0) is 17.4 Å². The van der Waals surface area contributed by atoms with E-state index in [0.29, 0.717) is 37.4 Å². The molecule has 26 heavy (non-hydrogen) atoms. The van der Waals surface area contributed by atoms with Crippen molar-refractivity contribution < 1.29 is 9.59 Å². The van der Waals surface area contributed by atoms with Gasteiger partial charge in [-0.15, -0.1) is 0 Å². The fraction of sp³-hybridized carbons (Fsp3) is 0.556. The second-order valence-electron chi connectivity index (χ2n) is 7.33. The van der Waals surface area contributed by atoms with E-state index in [1.165, 1.54) is 12.8 Å². The third kappa shape index (κ3) is 3.11. The van der Waals surface area contributed by atoms with Crippen molar-refractivity contribution in [1.29, 1.82) is 0 Å². The first-order valence-corrected chi connectivity index (χ1v) is 9.15. The van der Waals surface area contributed by atoms with Gasteiger partial charge in [-0.2, -0.15) is 10.2 Å². The van der Waals surface area contributed by atoms with Gasteiger partial charge in [0.15, 0.2) is 0 Å². The summed E-state index contributed by atoms with van der Waals surface area (Å²) in [6, 6.07) is 1.84. The van der Waals surface area contributed by atoms with Crippen LogP contribution in [0.5, 0.6) is 0 Å². The number of hydrogen-bond donors (Lipinski definition) is 1. The Kier molecular flexibility index (Phi) is 4.26. The summed E-state index contributed by atoms with van der Waals surface area (Å²) in [7, 11) is 1.79. The molecule has 8 heteroatoms. The van der Waals surface area contributed by atoms with Gasteiger partial charge >= 0.3 is 0 Å². The molecule has 1 aliphatic carbocycles. The molecule has 0 bridgehead atoms.